The lowest BCUT2D eigenvalue weighted by Gasteiger charge is -2.20. The summed E-state index contributed by atoms with van der Waals surface area (Å²) < 4.78 is 5.19. The Morgan fingerprint density at radius 3 is 2.65 bits per heavy atom. The van der Waals surface area contributed by atoms with Gasteiger partial charge in [-0.15, -0.1) is 0 Å². The number of phenols is 1. The Labute approximate surface area is 124 Å². The van der Waals surface area contributed by atoms with E-state index in [1.54, 1.807) is 19.2 Å². The highest BCUT2D eigenvalue weighted by molar-refractivity contribution is 6.33. The highest BCUT2D eigenvalue weighted by atomic mass is 35.5. The third-order valence-corrected chi connectivity index (χ3v) is 3.60. The van der Waals surface area contributed by atoms with E-state index in [0.717, 1.165) is 16.8 Å². The van der Waals surface area contributed by atoms with Crippen molar-refractivity contribution in [3.8, 4) is 11.5 Å². The minimum Gasteiger partial charge on any atom is -0.508 e. The fourth-order valence-corrected chi connectivity index (χ4v) is 2.39. The van der Waals surface area contributed by atoms with Crippen molar-refractivity contribution in [2.45, 2.75) is 19.9 Å². The molecule has 2 rings (SSSR count). The maximum absolute atomic E-state index is 9.99. The molecule has 2 aromatic rings. The van der Waals surface area contributed by atoms with Crippen LogP contribution >= 0.6 is 11.6 Å². The molecule has 0 aliphatic carbocycles. The lowest BCUT2D eigenvalue weighted by atomic mass is 10.1. The number of anilines is 1. The standard InChI is InChI=1S/C16H18ClNO2/c1-10-5-4-6-14(17)16(10)18-11(2)13-9-12(20-3)7-8-15(13)19/h4-9,11,18-19H,1-3H3. The van der Waals surface area contributed by atoms with Crippen LogP contribution in [0.25, 0.3) is 0 Å². The largest absolute Gasteiger partial charge is 0.508 e. The predicted molar refractivity (Wildman–Crippen MR) is 82.9 cm³/mol. The molecule has 0 amide bonds. The lowest BCUT2D eigenvalue weighted by molar-refractivity contribution is 0.410. The molecule has 0 heterocycles. The number of rotatable bonds is 4. The normalized spacial score (nSPS) is 12.0. The third kappa shape index (κ3) is 2.99. The number of para-hydroxylation sites is 1. The van der Waals surface area contributed by atoms with Crippen molar-refractivity contribution in [1.82, 2.24) is 0 Å². The van der Waals surface area contributed by atoms with E-state index in [9.17, 15) is 5.11 Å². The van der Waals surface area contributed by atoms with E-state index in [1.807, 2.05) is 38.1 Å². The molecule has 0 aromatic heterocycles. The zero-order valence-electron chi connectivity index (χ0n) is 11.8. The number of halogens is 1. The van der Waals surface area contributed by atoms with Crippen LogP contribution in [0.3, 0.4) is 0 Å². The molecule has 3 nitrogen and oxygen atoms in total. The second-order valence-corrected chi connectivity index (χ2v) is 5.13. The number of hydrogen-bond acceptors (Lipinski definition) is 3. The van der Waals surface area contributed by atoms with Gasteiger partial charge in [0.2, 0.25) is 0 Å². The van der Waals surface area contributed by atoms with Gasteiger partial charge in [0.1, 0.15) is 11.5 Å². The van der Waals surface area contributed by atoms with Crippen molar-refractivity contribution in [3.63, 3.8) is 0 Å². The fourth-order valence-electron chi connectivity index (χ4n) is 2.12. The Kier molecular flexibility index (Phi) is 4.40. The molecule has 2 aromatic carbocycles. The van der Waals surface area contributed by atoms with E-state index in [1.165, 1.54) is 0 Å². The van der Waals surface area contributed by atoms with Crippen molar-refractivity contribution in [3.05, 3.63) is 52.5 Å². The molecule has 4 heteroatoms. The highest BCUT2D eigenvalue weighted by Crippen LogP contribution is 2.33. The second-order valence-electron chi connectivity index (χ2n) is 4.72. The number of ether oxygens (including phenoxy) is 1. The number of aromatic hydroxyl groups is 1. The minimum atomic E-state index is -0.0938. The maximum Gasteiger partial charge on any atom is 0.121 e. The van der Waals surface area contributed by atoms with Crippen LogP contribution in [-0.4, -0.2) is 12.2 Å². The van der Waals surface area contributed by atoms with E-state index in [-0.39, 0.29) is 11.8 Å². The van der Waals surface area contributed by atoms with E-state index >= 15 is 0 Å². The quantitative estimate of drug-likeness (QED) is 0.869. The molecule has 0 bridgehead atoms. The minimum absolute atomic E-state index is 0.0938. The Balaban J connectivity index is 2.30. The lowest BCUT2D eigenvalue weighted by Crippen LogP contribution is -2.08. The van der Waals surface area contributed by atoms with Crippen LogP contribution in [0.1, 0.15) is 24.1 Å². The van der Waals surface area contributed by atoms with Gasteiger partial charge in [-0.05, 0) is 43.7 Å². The van der Waals surface area contributed by atoms with Gasteiger partial charge in [-0.3, -0.25) is 0 Å². The smallest absolute Gasteiger partial charge is 0.121 e. The van der Waals surface area contributed by atoms with Crippen molar-refractivity contribution in [2.24, 2.45) is 0 Å². The first kappa shape index (κ1) is 14.5. The number of hydrogen-bond donors (Lipinski definition) is 2. The molecule has 0 spiro atoms. The van der Waals surface area contributed by atoms with Gasteiger partial charge in [0, 0.05) is 5.56 Å². The van der Waals surface area contributed by atoms with Crippen LogP contribution in [0.4, 0.5) is 5.69 Å². The van der Waals surface area contributed by atoms with Crippen LogP contribution in [0.5, 0.6) is 11.5 Å². The average Bonchev–Trinajstić information content (AvgIpc) is 2.43. The SMILES string of the molecule is COc1ccc(O)c(C(C)Nc2c(C)cccc2Cl)c1. The van der Waals surface area contributed by atoms with E-state index in [2.05, 4.69) is 5.32 Å². The van der Waals surface area contributed by atoms with Gasteiger partial charge >= 0.3 is 0 Å². The van der Waals surface area contributed by atoms with Gasteiger partial charge in [0.05, 0.1) is 23.9 Å². The van der Waals surface area contributed by atoms with Crippen LogP contribution < -0.4 is 10.1 Å². The van der Waals surface area contributed by atoms with Crippen LogP contribution in [-0.2, 0) is 0 Å². The molecule has 20 heavy (non-hydrogen) atoms. The summed E-state index contributed by atoms with van der Waals surface area (Å²) in [5.41, 5.74) is 2.71. The van der Waals surface area contributed by atoms with Gasteiger partial charge < -0.3 is 15.2 Å². The van der Waals surface area contributed by atoms with Crippen molar-refractivity contribution in [1.29, 1.82) is 0 Å². The number of benzene rings is 2. The molecular formula is C16H18ClNO2. The number of methoxy groups -OCH3 is 1. The molecule has 0 aliphatic heterocycles. The Morgan fingerprint density at radius 2 is 2.00 bits per heavy atom. The summed E-state index contributed by atoms with van der Waals surface area (Å²) in [7, 11) is 1.60. The highest BCUT2D eigenvalue weighted by Gasteiger charge is 2.14. The Bertz CT molecular complexity index is 593. The molecule has 0 saturated carbocycles. The van der Waals surface area contributed by atoms with Gasteiger partial charge in [-0.2, -0.15) is 0 Å². The molecule has 1 unspecified atom stereocenters. The van der Waals surface area contributed by atoms with E-state index in [4.69, 9.17) is 16.3 Å². The topological polar surface area (TPSA) is 41.5 Å². The summed E-state index contributed by atoms with van der Waals surface area (Å²) in [5, 5.41) is 14.0. The summed E-state index contributed by atoms with van der Waals surface area (Å²) in [6, 6.07) is 10.8. The molecule has 2 N–H and O–H groups in total. The molecule has 106 valence electrons. The summed E-state index contributed by atoms with van der Waals surface area (Å²) in [4.78, 5) is 0. The molecule has 0 aliphatic rings. The molecule has 0 saturated heterocycles. The predicted octanol–water partition coefficient (Wildman–Crippen LogP) is 4.54. The molecule has 1 atom stereocenters. The van der Waals surface area contributed by atoms with Gasteiger partial charge in [-0.25, -0.2) is 0 Å². The summed E-state index contributed by atoms with van der Waals surface area (Å²) in [6.45, 7) is 3.96. The zero-order chi connectivity index (χ0) is 14.7. The van der Waals surface area contributed by atoms with Crippen molar-refractivity contribution >= 4 is 17.3 Å². The van der Waals surface area contributed by atoms with Gasteiger partial charge in [-0.1, -0.05) is 23.7 Å². The van der Waals surface area contributed by atoms with Crippen LogP contribution in [0.2, 0.25) is 5.02 Å². The summed E-state index contributed by atoms with van der Waals surface area (Å²) in [5.74, 6) is 0.942. The first-order valence-corrected chi connectivity index (χ1v) is 6.79. The van der Waals surface area contributed by atoms with Crippen LogP contribution in [0.15, 0.2) is 36.4 Å². The first-order valence-electron chi connectivity index (χ1n) is 6.41. The van der Waals surface area contributed by atoms with Crippen LogP contribution in [0, 0.1) is 6.92 Å². The van der Waals surface area contributed by atoms with Crippen molar-refractivity contribution < 1.29 is 9.84 Å². The molecular weight excluding hydrogens is 274 g/mol. The van der Waals surface area contributed by atoms with E-state index in [0.29, 0.717) is 10.8 Å². The summed E-state index contributed by atoms with van der Waals surface area (Å²) in [6.07, 6.45) is 0. The van der Waals surface area contributed by atoms with Gasteiger partial charge in [0.15, 0.2) is 0 Å². The second kappa shape index (κ2) is 6.06. The summed E-state index contributed by atoms with van der Waals surface area (Å²) >= 11 is 6.21. The molecule has 0 fully saturated rings. The number of nitrogens with one attached hydrogen (secondary N) is 1. The monoisotopic (exact) mass is 291 g/mol. The van der Waals surface area contributed by atoms with Gasteiger partial charge in [0.25, 0.3) is 0 Å². The fraction of sp³-hybridized carbons (Fsp3) is 0.250. The van der Waals surface area contributed by atoms with E-state index < -0.39 is 0 Å². The average molecular weight is 292 g/mol. The molecule has 0 radical (unpaired) electrons. The maximum atomic E-state index is 9.99. The Hall–Kier alpha value is -1.87. The zero-order valence-corrected chi connectivity index (χ0v) is 12.5. The first-order chi connectivity index (χ1) is 9.52. The number of phenolic OH excluding ortho intramolecular Hbond substituents is 1. The Morgan fingerprint density at radius 1 is 1.25 bits per heavy atom. The van der Waals surface area contributed by atoms with Crippen molar-refractivity contribution in [2.75, 3.05) is 12.4 Å². The number of aryl methyl sites for hydroxylation is 1. The third-order valence-electron chi connectivity index (χ3n) is 3.28.